The van der Waals surface area contributed by atoms with Crippen molar-refractivity contribution in [2.24, 2.45) is 0 Å². The molecule has 0 aliphatic heterocycles. The van der Waals surface area contributed by atoms with Crippen molar-refractivity contribution >= 4 is 46.8 Å². The SMILES string of the molecule is CC(C)(C)OC(=O)NCCOCCOc1ccc(Cl)cc1C(=O)N(Cl)c1ccc([N+](=O)[O-])cc1. The van der Waals surface area contributed by atoms with Gasteiger partial charge in [0.1, 0.15) is 18.0 Å². The lowest BCUT2D eigenvalue weighted by Gasteiger charge is -2.19. The van der Waals surface area contributed by atoms with Gasteiger partial charge >= 0.3 is 6.09 Å². The summed E-state index contributed by atoms with van der Waals surface area (Å²) in [5.41, 5.74) is -0.366. The third-order valence-electron chi connectivity index (χ3n) is 4.04. The second-order valence-corrected chi connectivity index (χ2v) is 8.66. The third-order valence-corrected chi connectivity index (χ3v) is 4.62. The van der Waals surface area contributed by atoms with Gasteiger partial charge in [0.15, 0.2) is 0 Å². The number of carbonyl (C=O) groups is 2. The van der Waals surface area contributed by atoms with E-state index >= 15 is 0 Å². The summed E-state index contributed by atoms with van der Waals surface area (Å²) in [6, 6.07) is 9.68. The quantitative estimate of drug-likeness (QED) is 0.206. The lowest BCUT2D eigenvalue weighted by Crippen LogP contribution is -2.34. The zero-order valence-corrected chi connectivity index (χ0v) is 20.4. The molecule has 0 fully saturated rings. The first-order chi connectivity index (χ1) is 16.0. The number of amides is 2. The Balaban J connectivity index is 1.89. The Morgan fingerprint density at radius 2 is 1.76 bits per heavy atom. The summed E-state index contributed by atoms with van der Waals surface area (Å²) in [6.07, 6.45) is -0.532. The average Bonchev–Trinajstić information content (AvgIpc) is 2.77. The third kappa shape index (κ3) is 8.69. The molecule has 0 radical (unpaired) electrons. The number of nitrogens with zero attached hydrogens (tertiary/aromatic N) is 2. The first-order valence-electron chi connectivity index (χ1n) is 10.2. The maximum atomic E-state index is 12.9. The summed E-state index contributed by atoms with van der Waals surface area (Å²) >= 11 is 12.2. The largest absolute Gasteiger partial charge is 0.490 e. The second kappa shape index (κ2) is 12.4. The molecule has 0 aromatic heterocycles. The topological polar surface area (TPSA) is 120 Å². The van der Waals surface area contributed by atoms with Gasteiger partial charge in [0.25, 0.3) is 11.6 Å². The van der Waals surface area contributed by atoms with Crippen molar-refractivity contribution in [3.8, 4) is 5.75 Å². The monoisotopic (exact) mass is 513 g/mol. The van der Waals surface area contributed by atoms with E-state index in [0.717, 1.165) is 4.42 Å². The smallest absolute Gasteiger partial charge is 0.407 e. The average molecular weight is 514 g/mol. The molecule has 0 saturated carbocycles. The summed E-state index contributed by atoms with van der Waals surface area (Å²) in [5, 5.41) is 13.7. The highest BCUT2D eigenvalue weighted by atomic mass is 35.5. The number of nitro benzene ring substituents is 1. The van der Waals surface area contributed by atoms with Crippen molar-refractivity contribution in [3.63, 3.8) is 0 Å². The van der Waals surface area contributed by atoms with Crippen LogP contribution in [-0.2, 0) is 9.47 Å². The first-order valence-corrected chi connectivity index (χ1v) is 10.9. The summed E-state index contributed by atoms with van der Waals surface area (Å²) in [5.74, 6) is -0.395. The minimum atomic E-state index is -0.629. The van der Waals surface area contributed by atoms with E-state index in [1.54, 1.807) is 26.8 Å². The Morgan fingerprint density at radius 3 is 2.38 bits per heavy atom. The molecule has 0 aliphatic rings. The molecule has 0 aliphatic carbocycles. The number of rotatable bonds is 10. The van der Waals surface area contributed by atoms with E-state index in [9.17, 15) is 19.7 Å². The summed E-state index contributed by atoms with van der Waals surface area (Å²) in [7, 11) is 0. The van der Waals surface area contributed by atoms with Crippen LogP contribution in [-0.4, -0.2) is 48.9 Å². The van der Waals surface area contributed by atoms with E-state index in [1.807, 2.05) is 0 Å². The van der Waals surface area contributed by atoms with Crippen LogP contribution in [0.4, 0.5) is 16.2 Å². The lowest BCUT2D eigenvalue weighted by molar-refractivity contribution is -0.384. The number of hydrogen-bond donors (Lipinski definition) is 1. The van der Waals surface area contributed by atoms with Gasteiger partial charge in [-0.1, -0.05) is 11.6 Å². The predicted molar refractivity (Wildman–Crippen MR) is 128 cm³/mol. The molecule has 10 nitrogen and oxygen atoms in total. The van der Waals surface area contributed by atoms with Crippen LogP contribution in [0.15, 0.2) is 42.5 Å². The van der Waals surface area contributed by atoms with E-state index in [1.165, 1.54) is 36.4 Å². The molecule has 2 rings (SSSR count). The summed E-state index contributed by atoms with van der Waals surface area (Å²) in [4.78, 5) is 34.7. The zero-order valence-electron chi connectivity index (χ0n) is 18.9. The number of non-ortho nitro benzene ring substituents is 1. The van der Waals surface area contributed by atoms with Crippen molar-refractivity contribution in [2.45, 2.75) is 26.4 Å². The molecule has 2 aromatic carbocycles. The zero-order chi connectivity index (χ0) is 25.3. The van der Waals surface area contributed by atoms with Gasteiger partial charge in [0.05, 0.1) is 29.4 Å². The fraction of sp³-hybridized carbons (Fsp3) is 0.364. The lowest BCUT2D eigenvalue weighted by atomic mass is 10.1. The van der Waals surface area contributed by atoms with Gasteiger partial charge in [-0.25, -0.2) is 9.21 Å². The molecule has 0 bridgehead atoms. The van der Waals surface area contributed by atoms with Crippen LogP contribution in [0, 0.1) is 10.1 Å². The fourth-order valence-corrected chi connectivity index (χ4v) is 2.95. The fourth-order valence-electron chi connectivity index (χ4n) is 2.58. The molecule has 184 valence electrons. The highest BCUT2D eigenvalue weighted by Crippen LogP contribution is 2.28. The van der Waals surface area contributed by atoms with Crippen LogP contribution < -0.4 is 14.5 Å². The normalized spacial score (nSPS) is 11.0. The van der Waals surface area contributed by atoms with Crippen LogP contribution in [0.2, 0.25) is 5.02 Å². The van der Waals surface area contributed by atoms with Crippen LogP contribution in [0.1, 0.15) is 31.1 Å². The van der Waals surface area contributed by atoms with E-state index in [-0.39, 0.29) is 49.1 Å². The molecule has 0 unspecified atom stereocenters. The highest BCUT2D eigenvalue weighted by molar-refractivity contribution is 6.40. The van der Waals surface area contributed by atoms with Crippen molar-refractivity contribution in [1.29, 1.82) is 0 Å². The minimum absolute atomic E-state index is 0.104. The maximum Gasteiger partial charge on any atom is 0.407 e. The second-order valence-electron chi connectivity index (χ2n) is 7.89. The number of carbonyl (C=O) groups excluding carboxylic acids is 2. The van der Waals surface area contributed by atoms with Gasteiger partial charge < -0.3 is 19.5 Å². The Kier molecular flexibility index (Phi) is 9.91. The van der Waals surface area contributed by atoms with Crippen molar-refractivity contribution < 1.29 is 28.7 Å². The number of alkyl carbamates (subject to hydrolysis) is 1. The number of ether oxygens (including phenoxy) is 3. The van der Waals surface area contributed by atoms with Crippen LogP contribution in [0.5, 0.6) is 5.75 Å². The molecule has 1 N–H and O–H groups in total. The van der Waals surface area contributed by atoms with Crippen molar-refractivity contribution in [2.75, 3.05) is 30.8 Å². The highest BCUT2D eigenvalue weighted by Gasteiger charge is 2.21. The molecule has 2 amide bonds. The van der Waals surface area contributed by atoms with Gasteiger partial charge in [0.2, 0.25) is 0 Å². The maximum absolute atomic E-state index is 12.9. The molecular formula is C22H25Cl2N3O7. The van der Waals surface area contributed by atoms with Gasteiger partial charge in [-0.15, -0.1) is 0 Å². The minimum Gasteiger partial charge on any atom is -0.490 e. The number of nitrogens with one attached hydrogen (secondary N) is 1. The van der Waals surface area contributed by atoms with Crippen LogP contribution >= 0.6 is 23.4 Å². The van der Waals surface area contributed by atoms with Crippen LogP contribution in [0.3, 0.4) is 0 Å². The molecule has 0 spiro atoms. The van der Waals surface area contributed by atoms with Gasteiger partial charge in [-0.3, -0.25) is 14.9 Å². The molecule has 0 saturated heterocycles. The van der Waals surface area contributed by atoms with Gasteiger partial charge in [-0.05, 0) is 51.1 Å². The molecule has 0 atom stereocenters. The predicted octanol–water partition coefficient (Wildman–Crippen LogP) is 4.97. The van der Waals surface area contributed by atoms with Gasteiger partial charge in [0, 0.05) is 35.5 Å². The Bertz CT molecular complexity index is 1010. The molecule has 2 aromatic rings. The number of halogens is 2. The summed E-state index contributed by atoms with van der Waals surface area (Å²) < 4.78 is 17.0. The Hall–Kier alpha value is -3.08. The molecule has 12 heteroatoms. The summed E-state index contributed by atoms with van der Waals surface area (Å²) in [6.45, 7) is 6.12. The van der Waals surface area contributed by atoms with Gasteiger partial charge in [-0.2, -0.15) is 0 Å². The number of benzene rings is 2. The number of anilines is 1. The van der Waals surface area contributed by atoms with E-state index < -0.39 is 22.5 Å². The van der Waals surface area contributed by atoms with E-state index in [0.29, 0.717) is 5.02 Å². The standard InChI is InChI=1S/C22H25Cl2N3O7/c1-22(2,3)34-21(29)25-10-11-32-12-13-33-19-9-4-15(23)14-18(19)20(28)26(24)16-5-7-17(8-6-16)27(30)31/h4-9,14H,10-13H2,1-3H3,(H,25,29). The molecular weight excluding hydrogens is 489 g/mol. The molecule has 0 heterocycles. The van der Waals surface area contributed by atoms with E-state index in [2.05, 4.69) is 5.32 Å². The van der Waals surface area contributed by atoms with Crippen LogP contribution in [0.25, 0.3) is 0 Å². The van der Waals surface area contributed by atoms with Crippen molar-refractivity contribution in [3.05, 3.63) is 63.2 Å². The first kappa shape index (κ1) is 27.2. The molecule has 34 heavy (non-hydrogen) atoms. The van der Waals surface area contributed by atoms with E-state index in [4.69, 9.17) is 37.6 Å². The Morgan fingerprint density at radius 1 is 1.09 bits per heavy atom. The number of nitro groups is 1. The number of hydrogen-bond acceptors (Lipinski definition) is 7. The van der Waals surface area contributed by atoms with Crippen molar-refractivity contribution in [1.82, 2.24) is 5.32 Å². The Labute approximate surface area is 206 Å².